The molecule has 21 heavy (non-hydrogen) atoms. The number of nitrogens with one attached hydrogen (secondary N) is 1. The van der Waals surface area contributed by atoms with Crippen molar-refractivity contribution >= 4 is 11.8 Å². The van der Waals surface area contributed by atoms with Crippen molar-refractivity contribution in [3.63, 3.8) is 0 Å². The molecule has 0 aliphatic carbocycles. The Hall–Kier alpha value is -2.37. The van der Waals surface area contributed by atoms with E-state index in [0.29, 0.717) is 12.2 Å². The van der Waals surface area contributed by atoms with E-state index in [1.165, 1.54) is 12.7 Å². The zero-order valence-electron chi connectivity index (χ0n) is 12.0. The number of esters is 1. The average molecular weight is 286 g/mol. The molecular weight excluding hydrogens is 268 g/mol. The van der Waals surface area contributed by atoms with Crippen LogP contribution in [0, 0.1) is 0 Å². The summed E-state index contributed by atoms with van der Waals surface area (Å²) in [6.07, 6.45) is 4.81. The molecule has 0 unspecified atom stereocenters. The number of fused-ring (bicyclic) bond motifs is 1. The minimum absolute atomic E-state index is 0.331. The van der Waals surface area contributed by atoms with Crippen molar-refractivity contribution in [3.8, 4) is 0 Å². The third-order valence-corrected chi connectivity index (χ3v) is 3.58. The quantitative estimate of drug-likeness (QED) is 0.866. The van der Waals surface area contributed by atoms with E-state index in [4.69, 9.17) is 0 Å². The van der Waals surface area contributed by atoms with E-state index in [1.54, 1.807) is 16.9 Å². The van der Waals surface area contributed by atoms with Gasteiger partial charge in [0.05, 0.1) is 7.11 Å². The first-order chi connectivity index (χ1) is 10.3. The van der Waals surface area contributed by atoms with E-state index >= 15 is 0 Å². The first-order valence-electron chi connectivity index (χ1n) is 7.11. The average Bonchev–Trinajstić information content (AvgIpc) is 3.01. The van der Waals surface area contributed by atoms with E-state index in [9.17, 15) is 4.79 Å². The van der Waals surface area contributed by atoms with E-state index in [1.807, 2.05) is 0 Å². The minimum atomic E-state index is -0.412. The lowest BCUT2D eigenvalue weighted by Gasteiger charge is -2.17. The van der Waals surface area contributed by atoms with Crippen molar-refractivity contribution in [1.29, 1.82) is 0 Å². The van der Waals surface area contributed by atoms with Gasteiger partial charge in [0.2, 0.25) is 0 Å². The Morgan fingerprint density at radius 2 is 2.33 bits per heavy atom. The summed E-state index contributed by atoms with van der Waals surface area (Å²) in [5.41, 5.74) is 2.65. The highest BCUT2D eigenvalue weighted by molar-refractivity contribution is 5.86. The Morgan fingerprint density at radius 3 is 3.19 bits per heavy atom. The van der Waals surface area contributed by atoms with Crippen LogP contribution in [-0.4, -0.2) is 34.4 Å². The highest BCUT2D eigenvalue weighted by Crippen LogP contribution is 2.19. The lowest BCUT2D eigenvalue weighted by molar-refractivity contribution is 0.0593. The molecule has 0 spiro atoms. The summed E-state index contributed by atoms with van der Waals surface area (Å²) in [5, 5.41) is 7.52. The van der Waals surface area contributed by atoms with Crippen LogP contribution in [-0.2, 0) is 24.1 Å². The van der Waals surface area contributed by atoms with Gasteiger partial charge in [-0.25, -0.2) is 9.78 Å². The van der Waals surface area contributed by atoms with Gasteiger partial charge in [0.25, 0.3) is 0 Å². The SMILES string of the molecule is COC(=O)c1ccn(CCc2ccc3c(n2)NCCC3)n1. The van der Waals surface area contributed by atoms with Crippen LogP contribution < -0.4 is 5.32 Å². The van der Waals surface area contributed by atoms with Gasteiger partial charge in [-0.2, -0.15) is 5.10 Å². The summed E-state index contributed by atoms with van der Waals surface area (Å²) < 4.78 is 6.38. The van der Waals surface area contributed by atoms with Gasteiger partial charge in [0.1, 0.15) is 5.82 Å². The van der Waals surface area contributed by atoms with Gasteiger partial charge in [-0.3, -0.25) is 4.68 Å². The zero-order chi connectivity index (χ0) is 14.7. The van der Waals surface area contributed by atoms with Crippen molar-refractivity contribution in [2.24, 2.45) is 0 Å². The van der Waals surface area contributed by atoms with Crippen molar-refractivity contribution < 1.29 is 9.53 Å². The first kappa shape index (κ1) is 13.6. The molecule has 0 fully saturated rings. The molecule has 2 aromatic rings. The highest BCUT2D eigenvalue weighted by atomic mass is 16.5. The van der Waals surface area contributed by atoms with Crippen LogP contribution in [0.15, 0.2) is 24.4 Å². The standard InChI is InChI=1S/C15H18N4O2/c1-21-15(20)13-7-10-19(18-13)9-6-12-5-4-11-3-2-8-16-14(11)17-12/h4-5,7,10H,2-3,6,8-9H2,1H3,(H,16,17). The maximum atomic E-state index is 11.3. The molecular formula is C15H18N4O2. The molecule has 0 radical (unpaired) electrons. The Balaban J connectivity index is 1.65. The van der Waals surface area contributed by atoms with Crippen molar-refractivity contribution in [2.75, 3.05) is 19.0 Å². The summed E-state index contributed by atoms with van der Waals surface area (Å²) >= 11 is 0. The van der Waals surface area contributed by atoms with Crippen molar-refractivity contribution in [3.05, 3.63) is 41.3 Å². The Kier molecular flexibility index (Phi) is 3.85. The van der Waals surface area contributed by atoms with Gasteiger partial charge < -0.3 is 10.1 Å². The lowest BCUT2D eigenvalue weighted by atomic mass is 10.1. The van der Waals surface area contributed by atoms with E-state index in [-0.39, 0.29) is 0 Å². The number of anilines is 1. The maximum absolute atomic E-state index is 11.3. The molecule has 0 saturated carbocycles. The molecule has 1 aliphatic heterocycles. The van der Waals surface area contributed by atoms with E-state index in [2.05, 4.69) is 32.3 Å². The number of ether oxygens (including phenoxy) is 1. The predicted octanol–water partition coefficient (Wildman–Crippen LogP) is 1.67. The second kappa shape index (κ2) is 5.95. The smallest absolute Gasteiger partial charge is 0.358 e. The number of hydrogen-bond acceptors (Lipinski definition) is 5. The molecule has 0 amide bonds. The largest absolute Gasteiger partial charge is 0.464 e. The van der Waals surface area contributed by atoms with Crippen LogP contribution in [0.2, 0.25) is 0 Å². The molecule has 3 rings (SSSR count). The number of carbonyl (C=O) groups is 1. The molecule has 2 aromatic heterocycles. The van der Waals surface area contributed by atoms with Crippen LogP contribution in [0.3, 0.4) is 0 Å². The Labute approximate surface area is 123 Å². The molecule has 3 heterocycles. The molecule has 1 N–H and O–H groups in total. The molecule has 110 valence electrons. The number of aryl methyl sites for hydroxylation is 3. The zero-order valence-corrected chi connectivity index (χ0v) is 12.0. The van der Waals surface area contributed by atoms with Gasteiger partial charge in [-0.1, -0.05) is 6.07 Å². The molecule has 0 atom stereocenters. The Bertz CT molecular complexity index is 651. The lowest BCUT2D eigenvalue weighted by Crippen LogP contribution is -2.14. The van der Waals surface area contributed by atoms with E-state index in [0.717, 1.165) is 37.3 Å². The topological polar surface area (TPSA) is 69.0 Å². The predicted molar refractivity (Wildman–Crippen MR) is 78.3 cm³/mol. The van der Waals surface area contributed by atoms with Gasteiger partial charge >= 0.3 is 5.97 Å². The van der Waals surface area contributed by atoms with E-state index < -0.39 is 5.97 Å². The summed E-state index contributed by atoms with van der Waals surface area (Å²) in [5.74, 6) is 0.597. The second-order valence-electron chi connectivity index (χ2n) is 5.05. The molecule has 0 saturated heterocycles. The number of carbonyl (C=O) groups excluding carboxylic acids is 1. The Morgan fingerprint density at radius 1 is 1.43 bits per heavy atom. The van der Waals surface area contributed by atoms with Gasteiger partial charge in [0, 0.05) is 31.4 Å². The third kappa shape index (κ3) is 3.04. The number of rotatable bonds is 4. The second-order valence-corrected chi connectivity index (χ2v) is 5.05. The molecule has 6 heteroatoms. The monoisotopic (exact) mass is 286 g/mol. The molecule has 6 nitrogen and oxygen atoms in total. The minimum Gasteiger partial charge on any atom is -0.464 e. The first-order valence-corrected chi connectivity index (χ1v) is 7.11. The van der Waals surface area contributed by atoms with Crippen LogP contribution >= 0.6 is 0 Å². The number of nitrogens with zero attached hydrogens (tertiary/aromatic N) is 3. The molecule has 1 aliphatic rings. The van der Waals surface area contributed by atoms with Gasteiger partial charge in [-0.15, -0.1) is 0 Å². The number of hydrogen-bond donors (Lipinski definition) is 1. The summed E-state index contributed by atoms with van der Waals surface area (Å²) in [6, 6.07) is 5.87. The van der Waals surface area contributed by atoms with Crippen molar-refractivity contribution in [1.82, 2.24) is 14.8 Å². The van der Waals surface area contributed by atoms with Gasteiger partial charge in [0.15, 0.2) is 5.69 Å². The summed E-state index contributed by atoms with van der Waals surface area (Å²) in [6.45, 7) is 1.67. The van der Waals surface area contributed by atoms with Gasteiger partial charge in [-0.05, 0) is 30.5 Å². The summed E-state index contributed by atoms with van der Waals surface area (Å²) in [4.78, 5) is 16.0. The molecule has 0 aromatic carbocycles. The van der Waals surface area contributed by atoms with Crippen LogP contribution in [0.5, 0.6) is 0 Å². The highest BCUT2D eigenvalue weighted by Gasteiger charge is 2.11. The van der Waals surface area contributed by atoms with Crippen LogP contribution in [0.25, 0.3) is 0 Å². The molecule has 0 bridgehead atoms. The summed E-state index contributed by atoms with van der Waals surface area (Å²) in [7, 11) is 1.35. The number of methoxy groups -OCH3 is 1. The fraction of sp³-hybridized carbons (Fsp3) is 0.400. The third-order valence-electron chi connectivity index (χ3n) is 3.58. The number of pyridine rings is 1. The number of aromatic nitrogens is 3. The fourth-order valence-electron chi connectivity index (χ4n) is 2.44. The van der Waals surface area contributed by atoms with Crippen molar-refractivity contribution in [2.45, 2.75) is 25.8 Å². The normalized spacial score (nSPS) is 13.4. The fourth-order valence-corrected chi connectivity index (χ4v) is 2.44. The van der Waals surface area contributed by atoms with Crippen LogP contribution in [0.4, 0.5) is 5.82 Å². The van der Waals surface area contributed by atoms with Crippen LogP contribution in [0.1, 0.15) is 28.2 Å². The maximum Gasteiger partial charge on any atom is 0.358 e.